The summed E-state index contributed by atoms with van der Waals surface area (Å²) in [5.74, 6) is 1.03. The molecule has 0 spiro atoms. The molecule has 50 heavy (non-hydrogen) atoms. The highest BCUT2D eigenvalue weighted by atomic mass is 32.2. The van der Waals surface area contributed by atoms with Crippen molar-refractivity contribution < 1.29 is 35.6 Å². The molecular formula is C35H48F4N6O4S. The number of hydrogen-bond acceptors (Lipinski definition) is 8. The molecule has 2 saturated carbocycles. The van der Waals surface area contributed by atoms with Crippen LogP contribution in [0.4, 0.5) is 17.6 Å². The van der Waals surface area contributed by atoms with Crippen molar-refractivity contribution >= 4 is 21.5 Å². The van der Waals surface area contributed by atoms with E-state index in [0.29, 0.717) is 49.6 Å². The van der Waals surface area contributed by atoms with Crippen molar-refractivity contribution in [2.45, 2.75) is 121 Å². The Morgan fingerprint density at radius 3 is 2.26 bits per heavy atom. The summed E-state index contributed by atoms with van der Waals surface area (Å²) in [5.41, 5.74) is -0.510. The van der Waals surface area contributed by atoms with Gasteiger partial charge in [-0.25, -0.2) is 17.8 Å². The molecule has 0 bridgehead atoms. The molecule has 1 saturated heterocycles. The molecule has 0 unspecified atom stereocenters. The van der Waals surface area contributed by atoms with Crippen LogP contribution >= 0.6 is 0 Å². The van der Waals surface area contributed by atoms with Crippen molar-refractivity contribution in [2.24, 2.45) is 23.7 Å². The van der Waals surface area contributed by atoms with E-state index in [0.717, 1.165) is 44.5 Å². The number of rotatable bonds is 10. The zero-order chi connectivity index (χ0) is 36.7. The topological polar surface area (TPSA) is 139 Å². The van der Waals surface area contributed by atoms with Gasteiger partial charge in [0.15, 0.2) is 9.84 Å². The number of nitriles is 1. The minimum atomic E-state index is -4.44. The largest absolute Gasteiger partial charge is 0.417 e. The molecule has 3 aliphatic rings. The smallest absolute Gasteiger partial charge is 0.324 e. The molecular weight excluding hydrogens is 676 g/mol. The van der Waals surface area contributed by atoms with E-state index in [1.54, 1.807) is 33.4 Å². The first-order valence-corrected chi connectivity index (χ1v) is 19.0. The fourth-order valence-electron chi connectivity index (χ4n) is 7.08. The molecule has 5 rings (SSSR count). The summed E-state index contributed by atoms with van der Waals surface area (Å²) in [6.45, 7) is 6.03. The monoisotopic (exact) mass is 724 g/mol. The minimum absolute atomic E-state index is 0.00770. The molecule has 1 amide bonds. The van der Waals surface area contributed by atoms with Crippen LogP contribution in [0.15, 0.2) is 31.0 Å². The highest BCUT2D eigenvalue weighted by Crippen LogP contribution is 2.36. The molecule has 2 aliphatic carbocycles. The Kier molecular flexibility index (Phi) is 13.2. The standard InChI is InChI=1S/C19H26F3NO3S.C16H22FN5O/c1-18(2,3)27(25,26)12-13-4-6-14(7-5-13)17(24)10-16-9-8-15(11-23-16)19(20,21)22;17-14-6-15(7-18)22(9-14)16(23)4-3-12-1-2-13(5-12)8-21-11-19-10-20-21/h8-9,11,13-14H,4-7,10,12H2,1-3H3;10-15H,1-6,8-9H2/t;12-,13-,14-,15-/m.0/s1. The maximum Gasteiger partial charge on any atom is 0.417 e. The van der Waals surface area contributed by atoms with E-state index in [4.69, 9.17) is 5.26 Å². The SMILES string of the molecule is CC(C)(C)S(=O)(=O)CC1CCC(C(=O)Cc2ccc(C(F)(F)F)cn2)CC1.N#C[C@@H]1C[C@H](F)CN1C(=O)CC[C@@H]1CC[C@H](Cn2cncn2)C1. The number of carbonyl (C=O) groups is 2. The highest BCUT2D eigenvalue weighted by molar-refractivity contribution is 7.92. The number of amides is 1. The summed E-state index contributed by atoms with van der Waals surface area (Å²) in [7, 11) is -3.19. The van der Waals surface area contributed by atoms with Crippen molar-refractivity contribution in [1.29, 1.82) is 5.26 Å². The van der Waals surface area contributed by atoms with Crippen LogP contribution in [0.25, 0.3) is 0 Å². The van der Waals surface area contributed by atoms with Crippen LogP contribution in [0.1, 0.15) is 96.2 Å². The van der Waals surface area contributed by atoms with Crippen molar-refractivity contribution in [3.8, 4) is 6.07 Å². The van der Waals surface area contributed by atoms with Gasteiger partial charge in [0.05, 0.1) is 28.7 Å². The predicted octanol–water partition coefficient (Wildman–Crippen LogP) is 6.17. The Bertz CT molecular complexity index is 1560. The number of ketones is 1. The zero-order valence-electron chi connectivity index (χ0n) is 29.0. The van der Waals surface area contributed by atoms with Gasteiger partial charge in [0.2, 0.25) is 5.91 Å². The predicted molar refractivity (Wildman–Crippen MR) is 178 cm³/mol. The second kappa shape index (κ2) is 16.7. The number of Topliss-reactive ketones (excluding diaryl/α,β-unsaturated/α-hetero) is 1. The summed E-state index contributed by atoms with van der Waals surface area (Å²) in [6, 6.07) is 3.63. The lowest BCUT2D eigenvalue weighted by Gasteiger charge is -2.29. The van der Waals surface area contributed by atoms with E-state index in [1.165, 1.54) is 11.0 Å². The summed E-state index contributed by atoms with van der Waals surface area (Å²) < 4.78 is 76.8. The number of pyridine rings is 1. The lowest BCUT2D eigenvalue weighted by atomic mass is 9.80. The number of sulfone groups is 1. The molecule has 276 valence electrons. The molecule has 3 fully saturated rings. The first-order valence-electron chi connectivity index (χ1n) is 17.4. The van der Waals surface area contributed by atoms with Gasteiger partial charge in [0.25, 0.3) is 0 Å². The third-order valence-electron chi connectivity index (χ3n) is 10.2. The quantitative estimate of drug-likeness (QED) is 0.265. The van der Waals surface area contributed by atoms with E-state index >= 15 is 0 Å². The van der Waals surface area contributed by atoms with Crippen LogP contribution in [0.2, 0.25) is 0 Å². The van der Waals surface area contributed by atoms with Crippen molar-refractivity contribution in [3.63, 3.8) is 0 Å². The lowest BCUT2D eigenvalue weighted by Crippen LogP contribution is -2.35. The first kappa shape index (κ1) is 39.4. The molecule has 4 atom stereocenters. The lowest BCUT2D eigenvalue weighted by molar-refractivity contribution is -0.137. The molecule has 1 aliphatic heterocycles. The fourth-order valence-corrected chi connectivity index (χ4v) is 8.54. The van der Waals surface area contributed by atoms with Gasteiger partial charge in [0, 0.05) is 43.6 Å². The van der Waals surface area contributed by atoms with Crippen LogP contribution in [0.3, 0.4) is 0 Å². The van der Waals surface area contributed by atoms with Gasteiger partial charge in [-0.3, -0.25) is 19.3 Å². The molecule has 2 aromatic heterocycles. The summed E-state index contributed by atoms with van der Waals surface area (Å²) in [4.78, 5) is 33.8. The third kappa shape index (κ3) is 11.0. The average Bonchev–Trinajstić information content (AvgIpc) is 3.81. The Morgan fingerprint density at radius 1 is 1.00 bits per heavy atom. The van der Waals surface area contributed by atoms with Gasteiger partial charge < -0.3 is 4.90 Å². The number of alkyl halides is 4. The Hall–Kier alpha value is -3.41. The summed E-state index contributed by atoms with van der Waals surface area (Å²) >= 11 is 0. The van der Waals surface area contributed by atoms with E-state index in [2.05, 4.69) is 15.1 Å². The Labute approximate surface area is 292 Å². The van der Waals surface area contributed by atoms with Crippen molar-refractivity contribution in [3.05, 3.63) is 42.2 Å². The minimum Gasteiger partial charge on any atom is -0.324 e. The van der Waals surface area contributed by atoms with Gasteiger partial charge in [-0.2, -0.15) is 23.5 Å². The summed E-state index contributed by atoms with van der Waals surface area (Å²) in [6.07, 6.45) is 5.90. The van der Waals surface area contributed by atoms with E-state index in [1.807, 2.05) is 10.8 Å². The number of nitrogens with zero attached hydrogens (tertiary/aromatic N) is 6. The highest BCUT2D eigenvalue weighted by Gasteiger charge is 2.37. The molecule has 2 aromatic rings. The van der Waals surface area contributed by atoms with Crippen LogP contribution < -0.4 is 0 Å². The number of halogens is 4. The van der Waals surface area contributed by atoms with Crippen molar-refractivity contribution in [1.82, 2.24) is 24.6 Å². The molecule has 0 radical (unpaired) electrons. The van der Waals surface area contributed by atoms with Crippen LogP contribution in [-0.2, 0) is 38.6 Å². The number of carbonyl (C=O) groups excluding carboxylic acids is 2. The number of aromatic nitrogens is 4. The Balaban J connectivity index is 0.000000227. The van der Waals surface area contributed by atoms with E-state index in [9.17, 15) is 35.6 Å². The number of likely N-dealkylation sites (tertiary alicyclic amines) is 1. The summed E-state index contributed by atoms with van der Waals surface area (Å²) in [5, 5.41) is 13.2. The molecule has 0 N–H and O–H groups in total. The van der Waals surface area contributed by atoms with Crippen LogP contribution in [0, 0.1) is 35.0 Å². The third-order valence-corrected chi connectivity index (χ3v) is 13.0. The average molecular weight is 725 g/mol. The van der Waals surface area contributed by atoms with Gasteiger partial charge >= 0.3 is 6.18 Å². The van der Waals surface area contributed by atoms with Crippen LogP contribution in [-0.4, -0.2) is 74.0 Å². The fraction of sp³-hybridized carbons (Fsp3) is 0.714. The maximum absolute atomic E-state index is 13.4. The second-order valence-corrected chi connectivity index (χ2v) is 17.8. The van der Waals surface area contributed by atoms with Gasteiger partial charge in [-0.1, -0.05) is 6.42 Å². The molecule has 10 nitrogen and oxygen atoms in total. The van der Waals surface area contributed by atoms with Gasteiger partial charge in [-0.05, 0) is 95.6 Å². The van der Waals surface area contributed by atoms with Gasteiger partial charge in [0.1, 0.15) is 30.7 Å². The second-order valence-electron chi connectivity index (χ2n) is 15.0. The normalized spacial score (nSPS) is 25.8. The molecule has 0 aromatic carbocycles. The maximum atomic E-state index is 13.4. The van der Waals surface area contributed by atoms with Gasteiger partial charge in [-0.15, -0.1) is 0 Å². The first-order chi connectivity index (χ1) is 23.4. The Morgan fingerprint density at radius 2 is 1.68 bits per heavy atom. The molecule has 3 heterocycles. The molecule has 15 heteroatoms. The van der Waals surface area contributed by atoms with Crippen LogP contribution in [0.5, 0.6) is 0 Å². The number of hydrogen-bond donors (Lipinski definition) is 0. The van der Waals surface area contributed by atoms with E-state index in [-0.39, 0.29) is 48.7 Å². The zero-order valence-corrected chi connectivity index (χ0v) is 29.8. The van der Waals surface area contributed by atoms with E-state index < -0.39 is 38.5 Å². The van der Waals surface area contributed by atoms with Crippen molar-refractivity contribution in [2.75, 3.05) is 12.3 Å².